The number of primary sulfonamides is 1. The van der Waals surface area contributed by atoms with Crippen LogP contribution < -0.4 is 5.14 Å². The van der Waals surface area contributed by atoms with Gasteiger partial charge in [0, 0.05) is 5.92 Å². The number of carbonyl (C=O) groups excluding carboxylic acids is 1. The Hall–Kier alpha value is -0.420. The summed E-state index contributed by atoms with van der Waals surface area (Å²) in [7, 11) is -3.96. The van der Waals surface area contributed by atoms with Crippen molar-refractivity contribution in [2.24, 2.45) is 11.1 Å². The molecule has 0 bridgehead atoms. The molecular formula is C6H13NO3S. The van der Waals surface area contributed by atoms with E-state index in [0.29, 0.717) is 6.42 Å². The summed E-state index contributed by atoms with van der Waals surface area (Å²) in [6.07, 6.45) is 1.34. The number of hydrogen-bond acceptors (Lipinski definition) is 3. The summed E-state index contributed by atoms with van der Waals surface area (Å²) < 4.78 is 21.0. The topological polar surface area (TPSA) is 77.2 Å². The fourth-order valence-corrected chi connectivity index (χ4v) is 1.51. The summed E-state index contributed by atoms with van der Waals surface area (Å²) in [5, 5.41) is 3.77. The van der Waals surface area contributed by atoms with E-state index in [9.17, 15) is 13.2 Å². The molecule has 0 aliphatic rings. The summed E-state index contributed by atoms with van der Waals surface area (Å²) >= 11 is 0. The van der Waals surface area contributed by atoms with Gasteiger partial charge in [0.2, 0.25) is 0 Å². The highest BCUT2D eigenvalue weighted by Crippen LogP contribution is 2.08. The Morgan fingerprint density at radius 3 is 2.27 bits per heavy atom. The number of rotatable bonds is 3. The third-order valence-corrected chi connectivity index (χ3v) is 2.37. The first kappa shape index (κ1) is 10.6. The third-order valence-electron chi connectivity index (χ3n) is 1.40. The van der Waals surface area contributed by atoms with E-state index in [-0.39, 0.29) is 0 Å². The van der Waals surface area contributed by atoms with Crippen molar-refractivity contribution in [3.63, 3.8) is 0 Å². The summed E-state index contributed by atoms with van der Waals surface area (Å²) in [6.45, 7) is 3.45. The zero-order valence-corrected chi connectivity index (χ0v) is 7.52. The summed E-state index contributed by atoms with van der Waals surface area (Å²) in [5.41, 5.74) is 0. The van der Waals surface area contributed by atoms with Crippen LogP contribution in [0.15, 0.2) is 0 Å². The van der Waals surface area contributed by atoms with Gasteiger partial charge in [-0.25, -0.2) is 13.6 Å². The molecule has 0 aromatic heterocycles. The van der Waals surface area contributed by atoms with E-state index in [4.69, 9.17) is 0 Å². The van der Waals surface area contributed by atoms with Crippen molar-refractivity contribution in [2.75, 3.05) is 0 Å². The van der Waals surface area contributed by atoms with Gasteiger partial charge in [-0.05, 0) is 6.42 Å². The van der Waals surface area contributed by atoms with Crippen LogP contribution in [0.2, 0.25) is 0 Å². The van der Waals surface area contributed by atoms with Crippen LogP contribution in [0.5, 0.6) is 0 Å². The maximum absolute atomic E-state index is 10.8. The molecule has 1 unspecified atom stereocenters. The molecule has 0 saturated carbocycles. The Kier molecular flexibility index (Phi) is 3.68. The molecule has 66 valence electrons. The highest BCUT2D eigenvalue weighted by molar-refractivity contribution is 8.04. The van der Waals surface area contributed by atoms with E-state index in [1.165, 1.54) is 0 Å². The Balaban J connectivity index is 4.27. The lowest BCUT2D eigenvalue weighted by Crippen LogP contribution is -2.28. The van der Waals surface area contributed by atoms with Gasteiger partial charge in [0.15, 0.2) is 0 Å². The van der Waals surface area contributed by atoms with Crippen molar-refractivity contribution in [2.45, 2.75) is 26.7 Å². The molecule has 0 aliphatic carbocycles. The highest BCUT2D eigenvalue weighted by Gasteiger charge is 2.22. The van der Waals surface area contributed by atoms with Gasteiger partial charge in [0.05, 0.1) is 0 Å². The summed E-state index contributed by atoms with van der Waals surface area (Å²) in [4.78, 5) is 10.8. The quantitative estimate of drug-likeness (QED) is 0.674. The molecule has 0 heterocycles. The van der Waals surface area contributed by atoms with E-state index < -0.39 is 21.1 Å². The number of hydrogen-bond donors (Lipinski definition) is 1. The van der Waals surface area contributed by atoms with Crippen LogP contribution >= 0.6 is 0 Å². The molecule has 0 rings (SSSR count). The largest absolute Gasteiger partial charge is 0.280 e. The molecule has 0 aromatic carbocycles. The molecule has 4 nitrogen and oxygen atoms in total. The second kappa shape index (κ2) is 3.82. The third kappa shape index (κ3) is 3.48. The van der Waals surface area contributed by atoms with Crippen molar-refractivity contribution in [3.05, 3.63) is 0 Å². The van der Waals surface area contributed by atoms with Crippen LogP contribution in [0.3, 0.4) is 0 Å². The lowest BCUT2D eigenvalue weighted by atomic mass is 10.1. The van der Waals surface area contributed by atoms with Gasteiger partial charge in [0.25, 0.3) is 15.1 Å². The minimum absolute atomic E-state index is 0.477. The molecule has 0 amide bonds. The first-order valence-corrected chi connectivity index (χ1v) is 5.00. The summed E-state index contributed by atoms with van der Waals surface area (Å²) in [6, 6.07) is 0. The molecule has 0 saturated heterocycles. The van der Waals surface area contributed by atoms with Crippen LogP contribution in [0, 0.1) is 5.92 Å². The second-order valence-corrected chi connectivity index (χ2v) is 4.05. The minimum atomic E-state index is -3.96. The average Bonchev–Trinajstić information content (AvgIpc) is 1.85. The van der Waals surface area contributed by atoms with E-state index in [2.05, 4.69) is 5.14 Å². The first-order valence-electron chi connectivity index (χ1n) is 3.46. The molecule has 0 aliphatic heterocycles. The molecule has 11 heavy (non-hydrogen) atoms. The SMILES string of the molecule is CCCC(C)C(=O)S(N)(=O)=O. The van der Waals surface area contributed by atoms with Crippen LogP contribution in [0.4, 0.5) is 0 Å². The van der Waals surface area contributed by atoms with Crippen molar-refractivity contribution in [3.8, 4) is 0 Å². The maximum Gasteiger partial charge on any atom is 0.272 e. The predicted octanol–water partition coefficient (Wildman–Crippen LogP) is 0.238. The Morgan fingerprint density at radius 1 is 1.55 bits per heavy atom. The van der Waals surface area contributed by atoms with E-state index in [1.807, 2.05) is 6.92 Å². The van der Waals surface area contributed by atoms with E-state index >= 15 is 0 Å². The number of nitrogens with two attached hydrogens (primary N) is 1. The van der Waals surface area contributed by atoms with Gasteiger partial charge in [-0.15, -0.1) is 0 Å². The minimum Gasteiger partial charge on any atom is -0.280 e. The van der Waals surface area contributed by atoms with Gasteiger partial charge in [-0.1, -0.05) is 20.3 Å². The van der Waals surface area contributed by atoms with Gasteiger partial charge in [-0.2, -0.15) is 0 Å². The van der Waals surface area contributed by atoms with Gasteiger partial charge in [-0.3, -0.25) is 4.79 Å². The van der Waals surface area contributed by atoms with E-state index in [0.717, 1.165) is 6.42 Å². The van der Waals surface area contributed by atoms with Crippen LogP contribution in [-0.4, -0.2) is 13.5 Å². The zero-order chi connectivity index (χ0) is 9.07. The summed E-state index contributed by atoms with van der Waals surface area (Å²) in [5.74, 6) is -0.477. The molecule has 2 N–H and O–H groups in total. The van der Waals surface area contributed by atoms with Gasteiger partial charge in [0.1, 0.15) is 0 Å². The monoisotopic (exact) mass is 179 g/mol. The van der Waals surface area contributed by atoms with Crippen molar-refractivity contribution >= 4 is 15.1 Å². The van der Waals surface area contributed by atoms with Crippen LogP contribution in [-0.2, 0) is 14.8 Å². The normalized spacial score (nSPS) is 14.5. The maximum atomic E-state index is 10.8. The Morgan fingerprint density at radius 2 is 2.00 bits per heavy atom. The van der Waals surface area contributed by atoms with Crippen molar-refractivity contribution in [1.82, 2.24) is 0 Å². The lowest BCUT2D eigenvalue weighted by molar-refractivity contribution is -0.114. The number of sulfonamides is 1. The number of carbonyl (C=O) groups is 1. The smallest absolute Gasteiger partial charge is 0.272 e. The molecule has 0 aromatic rings. The molecule has 0 fully saturated rings. The molecular weight excluding hydrogens is 166 g/mol. The van der Waals surface area contributed by atoms with Crippen molar-refractivity contribution < 1.29 is 13.2 Å². The average molecular weight is 179 g/mol. The molecule has 5 heteroatoms. The first-order chi connectivity index (χ1) is 4.89. The Labute approximate surface area is 66.8 Å². The second-order valence-electron chi connectivity index (χ2n) is 2.55. The molecule has 1 atom stereocenters. The molecule has 0 radical (unpaired) electrons. The fourth-order valence-electron chi connectivity index (χ4n) is 0.831. The van der Waals surface area contributed by atoms with Gasteiger partial charge >= 0.3 is 0 Å². The predicted molar refractivity (Wildman–Crippen MR) is 42.2 cm³/mol. The van der Waals surface area contributed by atoms with E-state index in [1.54, 1.807) is 6.92 Å². The van der Waals surface area contributed by atoms with Crippen LogP contribution in [0.25, 0.3) is 0 Å². The standard InChI is InChI=1S/C6H13NO3S/c1-3-4-5(2)6(8)11(7,9)10/h5H,3-4H2,1-2H3,(H2,7,9,10). The lowest BCUT2D eigenvalue weighted by Gasteiger charge is -2.05. The Bertz CT molecular complexity index is 232. The zero-order valence-electron chi connectivity index (χ0n) is 6.70. The van der Waals surface area contributed by atoms with Gasteiger partial charge < -0.3 is 0 Å². The highest BCUT2D eigenvalue weighted by atomic mass is 32.2. The fraction of sp³-hybridized carbons (Fsp3) is 0.833. The van der Waals surface area contributed by atoms with Crippen molar-refractivity contribution in [1.29, 1.82) is 0 Å². The van der Waals surface area contributed by atoms with Crippen LogP contribution in [0.1, 0.15) is 26.7 Å². The molecule has 0 spiro atoms.